The molecule has 0 aromatic heterocycles. The van der Waals surface area contributed by atoms with E-state index in [-0.39, 0.29) is 10.8 Å². The Morgan fingerprint density at radius 3 is 2.33 bits per heavy atom. The van der Waals surface area contributed by atoms with E-state index in [1.807, 2.05) is 13.0 Å². The van der Waals surface area contributed by atoms with E-state index in [2.05, 4.69) is 21.2 Å². The lowest BCUT2D eigenvalue weighted by Crippen LogP contribution is -2.14. The average molecular weight is 369 g/mol. The first kappa shape index (κ1) is 15.7. The predicted octanol–water partition coefficient (Wildman–Crippen LogP) is 2.66. The molecule has 2 rings (SSSR count). The highest BCUT2D eigenvalue weighted by Gasteiger charge is 2.12. The van der Waals surface area contributed by atoms with Crippen LogP contribution in [0.5, 0.6) is 0 Å². The van der Waals surface area contributed by atoms with Gasteiger partial charge in [0, 0.05) is 10.2 Å². The van der Waals surface area contributed by atoms with E-state index in [1.54, 1.807) is 12.1 Å². The number of rotatable bonds is 3. The van der Waals surface area contributed by atoms with Gasteiger partial charge in [-0.05, 0) is 58.7 Å². The number of hydrogen-bond acceptors (Lipinski definition) is 3. The zero-order valence-electron chi connectivity index (χ0n) is 11.1. The summed E-state index contributed by atoms with van der Waals surface area (Å²) in [5.74, 6) is -0.283. The van der Waals surface area contributed by atoms with Crippen molar-refractivity contribution in [2.45, 2.75) is 11.8 Å². The lowest BCUT2D eigenvalue weighted by molar-refractivity contribution is 0.102. The Labute approximate surface area is 131 Å². The molecule has 0 aliphatic carbocycles. The van der Waals surface area contributed by atoms with Crippen LogP contribution in [0.1, 0.15) is 15.9 Å². The average Bonchev–Trinajstić information content (AvgIpc) is 2.41. The van der Waals surface area contributed by atoms with Gasteiger partial charge in [0.05, 0.1) is 10.5 Å². The van der Waals surface area contributed by atoms with Crippen molar-refractivity contribution in [2.75, 3.05) is 5.32 Å². The largest absolute Gasteiger partial charge is 0.322 e. The Hall–Kier alpha value is -1.70. The fourth-order valence-electron chi connectivity index (χ4n) is 1.75. The van der Waals surface area contributed by atoms with Crippen LogP contribution in [0.4, 0.5) is 5.69 Å². The molecule has 0 unspecified atom stereocenters. The van der Waals surface area contributed by atoms with Crippen molar-refractivity contribution < 1.29 is 13.2 Å². The topological polar surface area (TPSA) is 89.3 Å². The Balaban J connectivity index is 2.22. The van der Waals surface area contributed by atoms with Gasteiger partial charge in [0.1, 0.15) is 0 Å². The summed E-state index contributed by atoms with van der Waals surface area (Å²) in [6.07, 6.45) is 0. The van der Waals surface area contributed by atoms with Crippen LogP contribution in [-0.2, 0) is 10.0 Å². The highest BCUT2D eigenvalue weighted by atomic mass is 79.9. The number of carbonyl (C=O) groups excluding carboxylic acids is 1. The molecule has 0 saturated carbocycles. The van der Waals surface area contributed by atoms with Crippen LogP contribution in [0, 0.1) is 6.92 Å². The fraction of sp³-hybridized carbons (Fsp3) is 0.0714. The monoisotopic (exact) mass is 368 g/mol. The van der Waals surface area contributed by atoms with Crippen LogP contribution in [0.25, 0.3) is 0 Å². The highest BCUT2D eigenvalue weighted by molar-refractivity contribution is 9.10. The molecule has 2 aromatic carbocycles. The smallest absolute Gasteiger partial charge is 0.256 e. The quantitative estimate of drug-likeness (QED) is 0.872. The SMILES string of the molecule is Cc1cccc(C(=O)Nc2ccc(S(N)(=O)=O)cc2)c1Br. The molecular weight excluding hydrogens is 356 g/mol. The summed E-state index contributed by atoms with van der Waals surface area (Å²) in [5.41, 5.74) is 1.94. The second-order valence-electron chi connectivity index (χ2n) is 4.46. The Morgan fingerprint density at radius 2 is 1.76 bits per heavy atom. The number of sulfonamides is 1. The van der Waals surface area contributed by atoms with Crippen molar-refractivity contribution >= 4 is 37.5 Å². The van der Waals surface area contributed by atoms with Crippen LogP contribution < -0.4 is 10.5 Å². The molecule has 2 aromatic rings. The van der Waals surface area contributed by atoms with E-state index < -0.39 is 10.0 Å². The molecule has 0 radical (unpaired) electrons. The number of nitrogens with one attached hydrogen (secondary N) is 1. The van der Waals surface area contributed by atoms with Crippen molar-refractivity contribution in [2.24, 2.45) is 5.14 Å². The minimum Gasteiger partial charge on any atom is -0.322 e. The zero-order chi connectivity index (χ0) is 15.6. The third kappa shape index (κ3) is 3.69. The summed E-state index contributed by atoms with van der Waals surface area (Å²) in [4.78, 5) is 12.2. The molecule has 0 aliphatic heterocycles. The van der Waals surface area contributed by atoms with Crippen molar-refractivity contribution in [3.8, 4) is 0 Å². The maximum absolute atomic E-state index is 12.2. The minimum absolute atomic E-state index is 0.00256. The van der Waals surface area contributed by atoms with Crippen LogP contribution in [0.2, 0.25) is 0 Å². The molecule has 110 valence electrons. The molecule has 5 nitrogen and oxygen atoms in total. The van der Waals surface area contributed by atoms with Crippen LogP contribution in [0.15, 0.2) is 51.8 Å². The first-order valence-electron chi connectivity index (χ1n) is 5.98. The number of benzene rings is 2. The van der Waals surface area contributed by atoms with E-state index in [0.717, 1.165) is 10.0 Å². The molecule has 3 N–H and O–H groups in total. The summed E-state index contributed by atoms with van der Waals surface area (Å²) in [5, 5.41) is 7.71. The number of carbonyl (C=O) groups is 1. The molecule has 0 heterocycles. The third-order valence-electron chi connectivity index (χ3n) is 2.88. The first-order chi connectivity index (χ1) is 9.79. The molecule has 0 atom stereocenters. The van der Waals surface area contributed by atoms with E-state index >= 15 is 0 Å². The van der Waals surface area contributed by atoms with Crippen molar-refractivity contribution in [1.82, 2.24) is 0 Å². The number of anilines is 1. The normalized spacial score (nSPS) is 11.2. The molecule has 0 saturated heterocycles. The lowest BCUT2D eigenvalue weighted by Gasteiger charge is -2.09. The van der Waals surface area contributed by atoms with Gasteiger partial charge >= 0.3 is 0 Å². The molecule has 7 heteroatoms. The van der Waals surface area contributed by atoms with Gasteiger partial charge < -0.3 is 5.32 Å². The molecule has 21 heavy (non-hydrogen) atoms. The molecule has 0 aliphatic rings. The number of primary sulfonamides is 1. The van der Waals surface area contributed by atoms with Crippen molar-refractivity contribution in [3.05, 3.63) is 58.1 Å². The Morgan fingerprint density at radius 1 is 1.14 bits per heavy atom. The van der Waals surface area contributed by atoms with Gasteiger partial charge in [0.2, 0.25) is 10.0 Å². The number of aryl methyl sites for hydroxylation is 1. The van der Waals surface area contributed by atoms with Gasteiger partial charge in [-0.3, -0.25) is 4.79 Å². The molecule has 0 bridgehead atoms. The molecule has 0 spiro atoms. The summed E-state index contributed by atoms with van der Waals surface area (Å²) < 4.78 is 23.0. The second kappa shape index (κ2) is 5.97. The standard InChI is InChI=1S/C14H13BrN2O3S/c1-9-3-2-4-12(13(9)15)14(18)17-10-5-7-11(8-6-10)21(16,19)20/h2-8H,1H3,(H,17,18)(H2,16,19,20). The van der Waals surface area contributed by atoms with Crippen molar-refractivity contribution in [1.29, 1.82) is 0 Å². The maximum Gasteiger partial charge on any atom is 0.256 e. The van der Waals surface area contributed by atoms with Gasteiger partial charge in [-0.25, -0.2) is 13.6 Å². The third-order valence-corrected chi connectivity index (χ3v) is 4.86. The van der Waals surface area contributed by atoms with Crippen LogP contribution in [-0.4, -0.2) is 14.3 Å². The number of nitrogens with two attached hydrogens (primary N) is 1. The highest BCUT2D eigenvalue weighted by Crippen LogP contribution is 2.22. The summed E-state index contributed by atoms with van der Waals surface area (Å²) in [7, 11) is -3.73. The first-order valence-corrected chi connectivity index (χ1v) is 8.32. The number of hydrogen-bond donors (Lipinski definition) is 2. The van der Waals surface area contributed by atoms with Gasteiger partial charge in [-0.1, -0.05) is 12.1 Å². The fourth-order valence-corrected chi connectivity index (χ4v) is 2.71. The molecule has 1 amide bonds. The van der Waals surface area contributed by atoms with Crippen LogP contribution >= 0.6 is 15.9 Å². The summed E-state index contributed by atoms with van der Waals surface area (Å²) >= 11 is 3.38. The lowest BCUT2D eigenvalue weighted by atomic mass is 10.1. The molecule has 0 fully saturated rings. The zero-order valence-corrected chi connectivity index (χ0v) is 13.5. The van der Waals surface area contributed by atoms with Gasteiger partial charge in [-0.15, -0.1) is 0 Å². The van der Waals surface area contributed by atoms with E-state index in [9.17, 15) is 13.2 Å². The second-order valence-corrected chi connectivity index (χ2v) is 6.81. The van der Waals surface area contributed by atoms with Gasteiger partial charge in [0.15, 0.2) is 0 Å². The minimum atomic E-state index is -3.73. The number of halogens is 1. The number of amides is 1. The summed E-state index contributed by atoms with van der Waals surface area (Å²) in [6, 6.07) is 11.0. The van der Waals surface area contributed by atoms with Crippen LogP contribution in [0.3, 0.4) is 0 Å². The van der Waals surface area contributed by atoms with E-state index in [1.165, 1.54) is 24.3 Å². The van der Waals surface area contributed by atoms with E-state index in [0.29, 0.717) is 11.3 Å². The predicted molar refractivity (Wildman–Crippen MR) is 84.6 cm³/mol. The van der Waals surface area contributed by atoms with E-state index in [4.69, 9.17) is 5.14 Å². The maximum atomic E-state index is 12.2. The van der Waals surface area contributed by atoms with Crippen molar-refractivity contribution in [3.63, 3.8) is 0 Å². The summed E-state index contributed by atoms with van der Waals surface area (Å²) in [6.45, 7) is 1.89. The van der Waals surface area contributed by atoms with Gasteiger partial charge in [0.25, 0.3) is 5.91 Å². The Kier molecular flexibility index (Phi) is 4.46. The van der Waals surface area contributed by atoms with Gasteiger partial charge in [-0.2, -0.15) is 0 Å². The molecular formula is C14H13BrN2O3S. The Bertz CT molecular complexity index is 786.